The Balaban J connectivity index is 1.39. The molecule has 1 amide bonds. The minimum atomic E-state index is 0.182. The first-order valence-corrected chi connectivity index (χ1v) is 9.25. The molecule has 0 unspecified atom stereocenters. The lowest BCUT2D eigenvalue weighted by atomic mass is 9.95. The van der Waals surface area contributed by atoms with Gasteiger partial charge < -0.3 is 10.1 Å². The number of nitrogens with zero attached hydrogens (tertiary/aromatic N) is 1. The van der Waals surface area contributed by atoms with Crippen LogP contribution in [0, 0.1) is 12.8 Å². The van der Waals surface area contributed by atoms with Gasteiger partial charge in [0, 0.05) is 30.5 Å². The summed E-state index contributed by atoms with van der Waals surface area (Å²) >= 11 is 1.84. The lowest BCUT2D eigenvalue weighted by Gasteiger charge is -2.31. The van der Waals surface area contributed by atoms with E-state index in [9.17, 15) is 4.79 Å². The third kappa shape index (κ3) is 4.09. The molecule has 122 valence electrons. The number of hydrogen-bond donors (Lipinski definition) is 1. The van der Waals surface area contributed by atoms with Gasteiger partial charge in [-0.3, -0.25) is 9.69 Å². The highest BCUT2D eigenvalue weighted by molar-refractivity contribution is 7.10. The quantitative estimate of drug-likeness (QED) is 0.906. The topological polar surface area (TPSA) is 41.6 Å². The van der Waals surface area contributed by atoms with Gasteiger partial charge in [0.25, 0.3) is 0 Å². The fraction of sp³-hybridized carbons (Fsp3) is 0.706. The SMILES string of the molecule is Cc1ccsc1CN1CCC(C(=O)NC[C@@H]2CCCO2)CC1. The molecule has 0 bridgehead atoms. The molecule has 2 fully saturated rings. The summed E-state index contributed by atoms with van der Waals surface area (Å²) in [6.45, 7) is 6.80. The van der Waals surface area contributed by atoms with Gasteiger partial charge in [-0.05, 0) is 62.7 Å². The Bertz CT molecular complexity index is 489. The molecule has 2 aliphatic heterocycles. The summed E-state index contributed by atoms with van der Waals surface area (Å²) in [6, 6.07) is 2.19. The van der Waals surface area contributed by atoms with Crippen molar-refractivity contribution < 1.29 is 9.53 Å². The first-order chi connectivity index (χ1) is 10.7. The third-order valence-electron chi connectivity index (χ3n) is 4.82. The van der Waals surface area contributed by atoms with Crippen LogP contribution in [0.3, 0.4) is 0 Å². The maximum Gasteiger partial charge on any atom is 0.223 e. The number of likely N-dealkylation sites (tertiary alicyclic amines) is 1. The minimum absolute atomic E-state index is 0.182. The molecule has 1 atom stereocenters. The summed E-state index contributed by atoms with van der Waals surface area (Å²) in [5.74, 6) is 0.407. The Kier molecular flexibility index (Phi) is 5.50. The predicted molar refractivity (Wildman–Crippen MR) is 89.0 cm³/mol. The molecule has 1 aromatic heterocycles. The lowest BCUT2D eigenvalue weighted by Crippen LogP contribution is -2.42. The summed E-state index contributed by atoms with van der Waals surface area (Å²) in [7, 11) is 0. The molecule has 2 aliphatic rings. The molecule has 0 spiro atoms. The molecule has 22 heavy (non-hydrogen) atoms. The normalized spacial score (nSPS) is 23.8. The number of carbonyl (C=O) groups excluding carboxylic acids is 1. The van der Waals surface area contributed by atoms with Crippen LogP contribution in [0.5, 0.6) is 0 Å². The zero-order valence-electron chi connectivity index (χ0n) is 13.3. The van der Waals surface area contributed by atoms with Gasteiger partial charge in [-0.25, -0.2) is 0 Å². The standard InChI is InChI=1S/C17H26N2O2S/c1-13-6-10-22-16(13)12-19-7-4-14(5-8-19)17(20)18-11-15-3-2-9-21-15/h6,10,14-15H,2-5,7-9,11-12H2,1H3,(H,18,20)/t15-/m0/s1. The number of rotatable bonds is 5. The highest BCUT2D eigenvalue weighted by atomic mass is 32.1. The van der Waals surface area contributed by atoms with Gasteiger partial charge in [-0.1, -0.05) is 0 Å². The van der Waals surface area contributed by atoms with E-state index in [-0.39, 0.29) is 17.9 Å². The maximum atomic E-state index is 12.2. The van der Waals surface area contributed by atoms with Gasteiger partial charge in [-0.2, -0.15) is 0 Å². The van der Waals surface area contributed by atoms with Crippen LogP contribution in [0.25, 0.3) is 0 Å². The molecule has 0 radical (unpaired) electrons. The van der Waals surface area contributed by atoms with E-state index in [2.05, 4.69) is 28.6 Å². The molecule has 0 saturated carbocycles. The maximum absolute atomic E-state index is 12.2. The Morgan fingerprint density at radius 1 is 1.41 bits per heavy atom. The molecule has 2 saturated heterocycles. The second-order valence-electron chi connectivity index (χ2n) is 6.46. The van der Waals surface area contributed by atoms with Gasteiger partial charge in [0.05, 0.1) is 6.10 Å². The second kappa shape index (κ2) is 7.57. The molecule has 3 rings (SSSR count). The van der Waals surface area contributed by atoms with Crippen LogP contribution in [-0.2, 0) is 16.1 Å². The van der Waals surface area contributed by atoms with E-state index in [0.717, 1.165) is 51.9 Å². The van der Waals surface area contributed by atoms with E-state index >= 15 is 0 Å². The van der Waals surface area contributed by atoms with Crippen molar-refractivity contribution in [1.82, 2.24) is 10.2 Å². The van der Waals surface area contributed by atoms with Gasteiger partial charge >= 0.3 is 0 Å². The van der Waals surface area contributed by atoms with E-state index in [1.165, 1.54) is 10.4 Å². The molecule has 1 N–H and O–H groups in total. The zero-order chi connectivity index (χ0) is 15.4. The lowest BCUT2D eigenvalue weighted by molar-refractivity contribution is -0.127. The summed E-state index contributed by atoms with van der Waals surface area (Å²) in [4.78, 5) is 16.2. The van der Waals surface area contributed by atoms with Crippen LogP contribution < -0.4 is 5.32 Å². The molecule has 1 aromatic rings. The molecule has 3 heterocycles. The van der Waals surface area contributed by atoms with E-state index in [4.69, 9.17) is 4.74 Å². The largest absolute Gasteiger partial charge is 0.376 e. The average molecular weight is 322 g/mol. The fourth-order valence-corrected chi connectivity index (χ4v) is 4.23. The van der Waals surface area contributed by atoms with Crippen molar-refractivity contribution in [3.63, 3.8) is 0 Å². The van der Waals surface area contributed by atoms with Crippen molar-refractivity contribution in [2.24, 2.45) is 5.92 Å². The molecule has 0 aromatic carbocycles. The number of aryl methyl sites for hydroxylation is 1. The third-order valence-corrected chi connectivity index (χ3v) is 5.83. The van der Waals surface area contributed by atoms with Crippen molar-refractivity contribution in [3.8, 4) is 0 Å². The molecule has 4 nitrogen and oxygen atoms in total. The zero-order valence-corrected chi connectivity index (χ0v) is 14.2. The van der Waals surface area contributed by atoms with E-state index in [1.807, 2.05) is 11.3 Å². The minimum Gasteiger partial charge on any atom is -0.376 e. The Morgan fingerprint density at radius 2 is 2.23 bits per heavy atom. The number of amides is 1. The Labute approximate surface area is 136 Å². The van der Waals surface area contributed by atoms with Crippen LogP contribution >= 0.6 is 11.3 Å². The van der Waals surface area contributed by atoms with Gasteiger partial charge in [0.1, 0.15) is 0 Å². The first kappa shape index (κ1) is 16.0. The number of carbonyl (C=O) groups is 1. The molecule has 0 aliphatic carbocycles. The molecular weight excluding hydrogens is 296 g/mol. The number of piperidine rings is 1. The van der Waals surface area contributed by atoms with Crippen molar-refractivity contribution in [1.29, 1.82) is 0 Å². The average Bonchev–Trinajstić information content (AvgIpc) is 3.18. The van der Waals surface area contributed by atoms with E-state index in [0.29, 0.717) is 6.54 Å². The van der Waals surface area contributed by atoms with Crippen LogP contribution in [0.4, 0.5) is 0 Å². The number of hydrogen-bond acceptors (Lipinski definition) is 4. The predicted octanol–water partition coefficient (Wildman–Crippen LogP) is 2.56. The molecule has 5 heteroatoms. The summed E-state index contributed by atoms with van der Waals surface area (Å²) in [5.41, 5.74) is 1.39. The first-order valence-electron chi connectivity index (χ1n) is 8.37. The monoisotopic (exact) mass is 322 g/mol. The van der Waals surface area contributed by atoms with Gasteiger partial charge in [0.15, 0.2) is 0 Å². The van der Waals surface area contributed by atoms with Crippen LogP contribution in [0.2, 0.25) is 0 Å². The van der Waals surface area contributed by atoms with Crippen molar-refractivity contribution in [3.05, 3.63) is 21.9 Å². The van der Waals surface area contributed by atoms with Crippen molar-refractivity contribution in [2.75, 3.05) is 26.2 Å². The van der Waals surface area contributed by atoms with Crippen LogP contribution in [-0.4, -0.2) is 43.2 Å². The van der Waals surface area contributed by atoms with Gasteiger partial charge in [0.2, 0.25) is 5.91 Å². The van der Waals surface area contributed by atoms with Crippen LogP contribution in [0.15, 0.2) is 11.4 Å². The van der Waals surface area contributed by atoms with Gasteiger partial charge in [-0.15, -0.1) is 11.3 Å². The summed E-state index contributed by atoms with van der Waals surface area (Å²) in [6.07, 6.45) is 4.40. The highest BCUT2D eigenvalue weighted by Crippen LogP contribution is 2.23. The number of thiophene rings is 1. The van der Waals surface area contributed by atoms with Crippen molar-refractivity contribution >= 4 is 17.2 Å². The smallest absolute Gasteiger partial charge is 0.223 e. The summed E-state index contributed by atoms with van der Waals surface area (Å²) < 4.78 is 5.56. The highest BCUT2D eigenvalue weighted by Gasteiger charge is 2.26. The Hall–Kier alpha value is -0.910. The summed E-state index contributed by atoms with van der Waals surface area (Å²) in [5, 5.41) is 5.25. The number of ether oxygens (including phenoxy) is 1. The van der Waals surface area contributed by atoms with E-state index < -0.39 is 0 Å². The second-order valence-corrected chi connectivity index (χ2v) is 7.46. The Morgan fingerprint density at radius 3 is 2.86 bits per heavy atom. The molecular formula is C17H26N2O2S. The number of nitrogens with one attached hydrogen (secondary N) is 1. The van der Waals surface area contributed by atoms with Crippen molar-refractivity contribution in [2.45, 2.75) is 45.3 Å². The fourth-order valence-electron chi connectivity index (χ4n) is 3.29. The van der Waals surface area contributed by atoms with Crippen LogP contribution in [0.1, 0.15) is 36.1 Å². The van der Waals surface area contributed by atoms with E-state index in [1.54, 1.807) is 0 Å².